The van der Waals surface area contributed by atoms with Crippen molar-refractivity contribution in [2.45, 2.75) is 13.1 Å². The molecule has 0 atom stereocenters. The van der Waals surface area contributed by atoms with Gasteiger partial charge in [0.25, 0.3) is 0 Å². The Morgan fingerprint density at radius 3 is 2.68 bits per heavy atom. The van der Waals surface area contributed by atoms with Crippen molar-refractivity contribution in [3.05, 3.63) is 35.9 Å². The van der Waals surface area contributed by atoms with Crippen molar-refractivity contribution in [3.63, 3.8) is 0 Å². The average molecular weight is 263 g/mol. The molecule has 0 aliphatic carbocycles. The summed E-state index contributed by atoms with van der Waals surface area (Å²) < 4.78 is 2.93. The lowest BCUT2D eigenvalue weighted by atomic mass is 10.3. The summed E-state index contributed by atoms with van der Waals surface area (Å²) in [6.07, 6.45) is 5.98. The van der Waals surface area contributed by atoms with Crippen molar-refractivity contribution in [1.82, 2.24) is 24.9 Å². The van der Waals surface area contributed by atoms with Crippen molar-refractivity contribution >= 4 is 11.9 Å². The number of aromatic nitrogens is 4. The third-order valence-corrected chi connectivity index (χ3v) is 2.43. The van der Waals surface area contributed by atoms with Gasteiger partial charge in [-0.15, -0.1) is 0 Å². The summed E-state index contributed by atoms with van der Waals surface area (Å²) in [6.45, 7) is 0.354. The SMILES string of the molecule is Cn1cc(CNC(=O)Cn2cc(C(=O)O)cn2)cn1. The van der Waals surface area contributed by atoms with Gasteiger partial charge in [-0.05, 0) is 0 Å². The highest BCUT2D eigenvalue weighted by atomic mass is 16.4. The second kappa shape index (κ2) is 5.34. The summed E-state index contributed by atoms with van der Waals surface area (Å²) in [5.41, 5.74) is 0.947. The van der Waals surface area contributed by atoms with Crippen LogP contribution in [0.5, 0.6) is 0 Å². The Morgan fingerprint density at radius 1 is 1.32 bits per heavy atom. The van der Waals surface area contributed by atoms with Crippen LogP contribution in [0.1, 0.15) is 15.9 Å². The highest BCUT2D eigenvalue weighted by molar-refractivity contribution is 5.87. The second-order valence-corrected chi connectivity index (χ2v) is 4.03. The van der Waals surface area contributed by atoms with Crippen LogP contribution in [-0.4, -0.2) is 36.5 Å². The van der Waals surface area contributed by atoms with Crippen LogP contribution in [-0.2, 0) is 24.9 Å². The number of carboxylic acid groups (broad SMARTS) is 1. The molecule has 100 valence electrons. The number of carbonyl (C=O) groups excluding carboxylic acids is 1. The highest BCUT2D eigenvalue weighted by Gasteiger charge is 2.08. The van der Waals surface area contributed by atoms with Gasteiger partial charge in [-0.25, -0.2) is 4.79 Å². The van der Waals surface area contributed by atoms with E-state index >= 15 is 0 Å². The first-order valence-corrected chi connectivity index (χ1v) is 5.54. The number of rotatable bonds is 5. The summed E-state index contributed by atoms with van der Waals surface area (Å²) >= 11 is 0. The van der Waals surface area contributed by atoms with Crippen LogP contribution in [0, 0.1) is 0 Å². The number of nitrogens with one attached hydrogen (secondary N) is 1. The normalized spacial score (nSPS) is 10.4. The Bertz CT molecular complexity index is 601. The molecule has 2 aromatic rings. The first-order chi connectivity index (χ1) is 9.04. The smallest absolute Gasteiger partial charge is 0.338 e. The molecule has 8 heteroatoms. The molecule has 0 aromatic carbocycles. The monoisotopic (exact) mass is 263 g/mol. The summed E-state index contributed by atoms with van der Waals surface area (Å²) in [6, 6.07) is 0. The number of nitrogens with zero attached hydrogens (tertiary/aromatic N) is 4. The van der Waals surface area contributed by atoms with Gasteiger partial charge in [-0.1, -0.05) is 0 Å². The third-order valence-electron chi connectivity index (χ3n) is 2.43. The van der Waals surface area contributed by atoms with Crippen LogP contribution >= 0.6 is 0 Å². The van der Waals surface area contributed by atoms with Crippen LogP contribution in [0.15, 0.2) is 24.8 Å². The minimum absolute atomic E-state index is 0.0203. The van der Waals surface area contributed by atoms with Crippen molar-refractivity contribution in [2.75, 3.05) is 0 Å². The van der Waals surface area contributed by atoms with Gasteiger partial charge < -0.3 is 10.4 Å². The molecule has 0 aliphatic heterocycles. The lowest BCUT2D eigenvalue weighted by Crippen LogP contribution is -2.27. The minimum Gasteiger partial charge on any atom is -0.478 e. The van der Waals surface area contributed by atoms with E-state index in [1.54, 1.807) is 24.1 Å². The molecule has 2 N–H and O–H groups in total. The van der Waals surface area contributed by atoms with E-state index < -0.39 is 5.97 Å². The van der Waals surface area contributed by atoms with Gasteiger partial charge in [0.05, 0.1) is 18.0 Å². The molecule has 0 spiro atoms. The van der Waals surface area contributed by atoms with Gasteiger partial charge in [0.2, 0.25) is 5.91 Å². The van der Waals surface area contributed by atoms with E-state index in [0.29, 0.717) is 6.54 Å². The van der Waals surface area contributed by atoms with Gasteiger partial charge in [0.1, 0.15) is 6.54 Å². The van der Waals surface area contributed by atoms with E-state index in [1.165, 1.54) is 17.1 Å². The fourth-order valence-corrected chi connectivity index (χ4v) is 1.53. The molecule has 0 fully saturated rings. The Labute approximate surface area is 108 Å². The summed E-state index contributed by atoms with van der Waals surface area (Å²) in [5, 5.41) is 19.2. The van der Waals surface area contributed by atoms with Gasteiger partial charge in [-0.2, -0.15) is 10.2 Å². The van der Waals surface area contributed by atoms with Crippen LogP contribution in [0.25, 0.3) is 0 Å². The first kappa shape index (κ1) is 12.8. The van der Waals surface area contributed by atoms with E-state index in [9.17, 15) is 9.59 Å². The van der Waals surface area contributed by atoms with Gasteiger partial charge >= 0.3 is 5.97 Å². The Balaban J connectivity index is 1.85. The molecule has 8 nitrogen and oxygen atoms in total. The van der Waals surface area contributed by atoms with Crippen LogP contribution in [0.2, 0.25) is 0 Å². The van der Waals surface area contributed by atoms with Gasteiger partial charge in [0.15, 0.2) is 0 Å². The zero-order valence-corrected chi connectivity index (χ0v) is 10.3. The molecule has 1 amide bonds. The lowest BCUT2D eigenvalue weighted by Gasteiger charge is -2.03. The molecule has 0 saturated heterocycles. The quantitative estimate of drug-likeness (QED) is 0.766. The number of hydrogen-bond donors (Lipinski definition) is 2. The number of hydrogen-bond acceptors (Lipinski definition) is 4. The van der Waals surface area contributed by atoms with E-state index in [-0.39, 0.29) is 18.0 Å². The Morgan fingerprint density at radius 2 is 2.11 bits per heavy atom. The number of aromatic carboxylic acids is 1. The molecule has 0 radical (unpaired) electrons. The highest BCUT2D eigenvalue weighted by Crippen LogP contribution is 1.98. The number of carbonyl (C=O) groups is 2. The topological polar surface area (TPSA) is 102 Å². The molecule has 2 aromatic heterocycles. The van der Waals surface area contributed by atoms with Crippen LogP contribution < -0.4 is 5.32 Å². The largest absolute Gasteiger partial charge is 0.478 e. The Kier molecular flexibility index (Phi) is 3.60. The molecular weight excluding hydrogens is 250 g/mol. The molecule has 2 rings (SSSR count). The number of aryl methyl sites for hydroxylation is 1. The molecular formula is C11H13N5O3. The van der Waals surface area contributed by atoms with Crippen molar-refractivity contribution in [3.8, 4) is 0 Å². The van der Waals surface area contributed by atoms with Gasteiger partial charge in [0, 0.05) is 31.5 Å². The zero-order valence-electron chi connectivity index (χ0n) is 10.3. The Hall–Kier alpha value is -2.64. The van der Waals surface area contributed by atoms with Gasteiger partial charge in [-0.3, -0.25) is 14.2 Å². The van der Waals surface area contributed by atoms with E-state index in [2.05, 4.69) is 15.5 Å². The fraction of sp³-hybridized carbons (Fsp3) is 0.273. The molecule has 0 unspecified atom stereocenters. The van der Waals surface area contributed by atoms with Crippen molar-refractivity contribution in [1.29, 1.82) is 0 Å². The molecule has 2 heterocycles. The first-order valence-electron chi connectivity index (χ1n) is 5.54. The summed E-state index contributed by atoms with van der Waals surface area (Å²) in [4.78, 5) is 22.3. The molecule has 0 saturated carbocycles. The fourth-order valence-electron chi connectivity index (χ4n) is 1.53. The predicted molar refractivity (Wildman–Crippen MR) is 64.2 cm³/mol. The summed E-state index contributed by atoms with van der Waals surface area (Å²) in [5.74, 6) is -1.31. The maximum atomic E-state index is 11.6. The number of amides is 1. The summed E-state index contributed by atoms with van der Waals surface area (Å²) in [7, 11) is 1.79. The predicted octanol–water partition coefficient (Wildman–Crippen LogP) is -0.369. The maximum absolute atomic E-state index is 11.6. The molecule has 0 aliphatic rings. The van der Waals surface area contributed by atoms with Crippen LogP contribution in [0.4, 0.5) is 0 Å². The van der Waals surface area contributed by atoms with Crippen molar-refractivity contribution in [2.24, 2.45) is 7.05 Å². The number of carboxylic acids is 1. The van der Waals surface area contributed by atoms with E-state index in [4.69, 9.17) is 5.11 Å². The molecule has 19 heavy (non-hydrogen) atoms. The average Bonchev–Trinajstić information content (AvgIpc) is 2.96. The van der Waals surface area contributed by atoms with Crippen LogP contribution in [0.3, 0.4) is 0 Å². The second-order valence-electron chi connectivity index (χ2n) is 4.03. The maximum Gasteiger partial charge on any atom is 0.338 e. The van der Waals surface area contributed by atoms with E-state index in [0.717, 1.165) is 5.56 Å². The third kappa shape index (κ3) is 3.41. The minimum atomic E-state index is -1.07. The lowest BCUT2D eigenvalue weighted by molar-refractivity contribution is -0.122. The van der Waals surface area contributed by atoms with Crippen molar-refractivity contribution < 1.29 is 14.7 Å². The standard InChI is InChI=1S/C11H13N5O3/c1-15-5-8(3-13-15)2-12-10(17)7-16-6-9(4-14-16)11(18)19/h3-6H,2,7H2,1H3,(H,12,17)(H,18,19). The molecule has 0 bridgehead atoms. The van der Waals surface area contributed by atoms with E-state index in [1.807, 2.05) is 0 Å². The zero-order chi connectivity index (χ0) is 13.8.